The highest BCUT2D eigenvalue weighted by Gasteiger charge is 2.64. The molecule has 1 saturated carbocycles. The molecule has 0 radical (unpaired) electrons. The molecule has 1 atom stereocenters. The van der Waals surface area contributed by atoms with Crippen LogP contribution in [0.2, 0.25) is 0 Å². The van der Waals surface area contributed by atoms with E-state index >= 15 is 0 Å². The van der Waals surface area contributed by atoms with Crippen molar-refractivity contribution in [3.63, 3.8) is 0 Å². The number of amidine groups is 1. The van der Waals surface area contributed by atoms with Crippen LogP contribution in [0.3, 0.4) is 0 Å². The van der Waals surface area contributed by atoms with Gasteiger partial charge in [-0.25, -0.2) is 14.4 Å². The monoisotopic (exact) mass is 354 g/mol. The van der Waals surface area contributed by atoms with Crippen molar-refractivity contribution in [2.75, 3.05) is 6.61 Å². The molecule has 132 valence electrons. The first-order valence-electron chi connectivity index (χ1n) is 7.80. The zero-order valence-corrected chi connectivity index (χ0v) is 12.9. The van der Waals surface area contributed by atoms with E-state index in [1.54, 1.807) is 0 Å². The number of hydroxylamine groups is 2. The van der Waals surface area contributed by atoms with Gasteiger partial charge in [-0.15, -0.1) is 0 Å². The molecule has 0 spiro atoms. The molecule has 3 aliphatic rings. The summed E-state index contributed by atoms with van der Waals surface area (Å²) in [5.41, 5.74) is -3.73. The van der Waals surface area contributed by atoms with Crippen molar-refractivity contribution in [1.82, 2.24) is 5.06 Å². The van der Waals surface area contributed by atoms with Crippen LogP contribution >= 0.6 is 0 Å². The largest absolute Gasteiger partial charge is 0.426 e. The molecule has 1 N–H and O–H groups in total. The number of rotatable bonds is 3. The Morgan fingerprint density at radius 1 is 1.32 bits per heavy atom. The molecule has 8 heteroatoms. The number of alkyl halides is 3. The summed E-state index contributed by atoms with van der Waals surface area (Å²) < 4.78 is 62.1. The Balaban J connectivity index is 1.97. The summed E-state index contributed by atoms with van der Waals surface area (Å²) in [5.74, 6) is -1.04. The lowest BCUT2D eigenvalue weighted by Crippen LogP contribution is -2.52. The Bertz CT molecular complexity index is 811. The molecule has 1 aromatic carbocycles. The third-order valence-corrected chi connectivity index (χ3v) is 4.52. The van der Waals surface area contributed by atoms with Crippen molar-refractivity contribution in [2.24, 2.45) is 10.9 Å². The summed E-state index contributed by atoms with van der Waals surface area (Å²) in [7, 11) is 0. The van der Waals surface area contributed by atoms with E-state index in [1.807, 2.05) is 0 Å². The van der Waals surface area contributed by atoms with Crippen LogP contribution in [0.5, 0.6) is 0 Å². The van der Waals surface area contributed by atoms with E-state index in [2.05, 4.69) is 4.99 Å². The fraction of sp³-hybridized carbons (Fsp3) is 0.353. The third-order valence-electron chi connectivity index (χ3n) is 4.52. The number of halogens is 4. The maximum absolute atomic E-state index is 14.3. The quantitative estimate of drug-likeness (QED) is 0.828. The smallest absolute Gasteiger partial charge is 0.356 e. The topological polar surface area (TPSA) is 45.1 Å². The van der Waals surface area contributed by atoms with Crippen LogP contribution < -0.4 is 0 Å². The van der Waals surface area contributed by atoms with Crippen molar-refractivity contribution in [2.45, 2.75) is 24.6 Å². The Kier molecular flexibility index (Phi) is 3.52. The van der Waals surface area contributed by atoms with Crippen LogP contribution in [0.1, 0.15) is 18.4 Å². The second kappa shape index (κ2) is 5.40. The predicted molar refractivity (Wildman–Crippen MR) is 80.8 cm³/mol. The maximum atomic E-state index is 14.3. The zero-order chi connectivity index (χ0) is 17.8. The average molecular weight is 354 g/mol. The number of aliphatic imine (C=N–C) groups is 1. The Hall–Kier alpha value is -2.19. The standard InChI is InChI=1S/C17H14F4N2O2/c18-11-5-6-14-13(8-11)16(17(19,20)21,25-9-10-3-4-10)12-2-1-7-23(24)15(12)22-14/h1-2,5-8,10,24H,3-4,9H2. The molecular weight excluding hydrogens is 340 g/mol. The SMILES string of the molecule is ON1C=CC=C2C1=Nc1ccc(F)cc1C2(OCC1CC1)C(F)(F)F. The van der Waals surface area contributed by atoms with Gasteiger partial charge in [-0.1, -0.05) is 6.08 Å². The van der Waals surface area contributed by atoms with E-state index in [0.29, 0.717) is 5.06 Å². The van der Waals surface area contributed by atoms with Gasteiger partial charge in [0.15, 0.2) is 5.84 Å². The predicted octanol–water partition coefficient (Wildman–Crippen LogP) is 4.20. The van der Waals surface area contributed by atoms with E-state index < -0.39 is 23.2 Å². The third kappa shape index (κ3) is 2.47. The molecule has 0 bridgehead atoms. The molecule has 1 aromatic rings. The number of ether oxygens (including phenoxy) is 1. The van der Waals surface area contributed by atoms with Gasteiger partial charge in [0.25, 0.3) is 0 Å². The Morgan fingerprint density at radius 2 is 2.08 bits per heavy atom. The summed E-state index contributed by atoms with van der Waals surface area (Å²) in [6.07, 6.45) is 0.369. The highest BCUT2D eigenvalue weighted by molar-refractivity contribution is 6.05. The van der Waals surface area contributed by atoms with Crippen molar-refractivity contribution in [3.8, 4) is 0 Å². The van der Waals surface area contributed by atoms with Crippen LogP contribution in [-0.4, -0.2) is 28.9 Å². The first kappa shape index (κ1) is 16.3. The van der Waals surface area contributed by atoms with Crippen LogP contribution in [0, 0.1) is 11.7 Å². The molecule has 0 saturated heterocycles. The zero-order valence-electron chi connectivity index (χ0n) is 12.9. The van der Waals surface area contributed by atoms with Gasteiger partial charge < -0.3 is 4.74 Å². The highest BCUT2D eigenvalue weighted by atomic mass is 19.4. The van der Waals surface area contributed by atoms with E-state index in [-0.39, 0.29) is 29.6 Å². The first-order chi connectivity index (χ1) is 11.8. The second-order valence-corrected chi connectivity index (χ2v) is 6.30. The second-order valence-electron chi connectivity index (χ2n) is 6.30. The Labute approximate surface area is 140 Å². The molecular formula is C17H14F4N2O2. The summed E-state index contributed by atoms with van der Waals surface area (Å²) >= 11 is 0. The minimum absolute atomic E-state index is 0.0588. The van der Waals surface area contributed by atoms with E-state index in [0.717, 1.165) is 31.0 Å². The summed E-state index contributed by atoms with van der Waals surface area (Å²) in [4.78, 5) is 4.07. The van der Waals surface area contributed by atoms with Crippen molar-refractivity contribution in [1.29, 1.82) is 0 Å². The van der Waals surface area contributed by atoms with E-state index in [9.17, 15) is 22.8 Å². The lowest BCUT2D eigenvalue weighted by Gasteiger charge is -2.42. The first-order valence-corrected chi connectivity index (χ1v) is 7.80. The molecule has 0 amide bonds. The molecule has 1 unspecified atom stereocenters. The lowest BCUT2D eigenvalue weighted by molar-refractivity contribution is -0.268. The Morgan fingerprint density at radius 3 is 2.76 bits per heavy atom. The van der Waals surface area contributed by atoms with Crippen LogP contribution in [0.15, 0.2) is 47.1 Å². The van der Waals surface area contributed by atoms with Gasteiger partial charge in [-0.05, 0) is 43.0 Å². The minimum atomic E-state index is -4.87. The molecule has 4 nitrogen and oxygen atoms in total. The normalized spacial score (nSPS) is 25.2. The molecule has 0 aromatic heterocycles. The van der Waals surface area contributed by atoms with Gasteiger partial charge in [-0.2, -0.15) is 13.2 Å². The van der Waals surface area contributed by atoms with Gasteiger partial charge in [0.1, 0.15) is 5.82 Å². The number of benzene rings is 1. The molecule has 25 heavy (non-hydrogen) atoms. The van der Waals surface area contributed by atoms with E-state index in [1.165, 1.54) is 18.4 Å². The van der Waals surface area contributed by atoms with Crippen LogP contribution in [-0.2, 0) is 10.3 Å². The minimum Gasteiger partial charge on any atom is -0.356 e. The van der Waals surface area contributed by atoms with Crippen LogP contribution in [0.4, 0.5) is 23.2 Å². The number of allylic oxidation sites excluding steroid dienone is 2. The molecule has 1 fully saturated rings. The summed E-state index contributed by atoms with van der Waals surface area (Å²) in [5, 5.41) is 10.5. The van der Waals surface area contributed by atoms with Gasteiger partial charge >= 0.3 is 6.18 Å². The van der Waals surface area contributed by atoms with Gasteiger partial charge in [0, 0.05) is 17.3 Å². The highest BCUT2D eigenvalue weighted by Crippen LogP contribution is 2.54. The molecule has 1 aliphatic carbocycles. The lowest BCUT2D eigenvalue weighted by atomic mass is 9.80. The van der Waals surface area contributed by atoms with Crippen LogP contribution in [0.25, 0.3) is 0 Å². The number of hydrogen-bond donors (Lipinski definition) is 1. The number of fused-ring (bicyclic) bond motifs is 2. The molecule has 2 aliphatic heterocycles. The molecule has 4 rings (SSSR count). The fourth-order valence-corrected chi connectivity index (χ4v) is 3.09. The van der Waals surface area contributed by atoms with Gasteiger partial charge in [-0.3, -0.25) is 5.21 Å². The average Bonchev–Trinajstić information content (AvgIpc) is 3.36. The van der Waals surface area contributed by atoms with E-state index in [4.69, 9.17) is 4.74 Å². The number of nitrogens with zero attached hydrogens (tertiary/aromatic N) is 2. The van der Waals surface area contributed by atoms with Gasteiger partial charge in [0.2, 0.25) is 5.60 Å². The van der Waals surface area contributed by atoms with Gasteiger partial charge in [0.05, 0.1) is 12.3 Å². The van der Waals surface area contributed by atoms with Crippen molar-refractivity contribution >= 4 is 11.5 Å². The fourth-order valence-electron chi connectivity index (χ4n) is 3.09. The summed E-state index contributed by atoms with van der Waals surface area (Å²) in [6.45, 7) is -0.102. The number of hydrogen-bond acceptors (Lipinski definition) is 4. The summed E-state index contributed by atoms with van der Waals surface area (Å²) in [6, 6.07) is 2.98. The van der Waals surface area contributed by atoms with Crippen molar-refractivity contribution < 1.29 is 27.5 Å². The van der Waals surface area contributed by atoms with Crippen molar-refractivity contribution in [3.05, 3.63) is 53.5 Å². The maximum Gasteiger partial charge on any atom is 0.426 e. The molecule has 2 heterocycles.